The molecular weight excluding hydrogens is 391 g/mol. The summed E-state index contributed by atoms with van der Waals surface area (Å²) in [4.78, 5) is 8.15. The number of halogens is 1. The normalized spacial score (nSPS) is 17.1. The van der Waals surface area contributed by atoms with Crippen LogP contribution >= 0.6 is 0 Å². The highest BCUT2D eigenvalue weighted by atomic mass is 32.2. The zero-order valence-electron chi connectivity index (χ0n) is 16.1. The number of rotatable bonds is 3. The lowest BCUT2D eigenvalue weighted by atomic mass is 9.89. The van der Waals surface area contributed by atoms with Crippen molar-refractivity contribution in [1.29, 1.82) is 0 Å². The minimum absolute atomic E-state index is 0.264. The Morgan fingerprint density at radius 2 is 1.90 bits per heavy atom. The number of aryl methyl sites for hydroxylation is 1. The molecule has 2 heterocycles. The van der Waals surface area contributed by atoms with Crippen LogP contribution in [0.2, 0.25) is 0 Å². The molecule has 1 aromatic heterocycles. The van der Waals surface area contributed by atoms with Crippen LogP contribution in [0.3, 0.4) is 0 Å². The molecule has 1 atom stereocenters. The molecule has 4 rings (SSSR count). The van der Waals surface area contributed by atoms with Crippen LogP contribution in [0.5, 0.6) is 0 Å². The molecule has 1 aliphatic rings. The van der Waals surface area contributed by atoms with Gasteiger partial charge in [-0.3, -0.25) is 0 Å². The molecule has 0 saturated heterocycles. The number of hydrogen-bond donors (Lipinski definition) is 1. The molecule has 29 heavy (non-hydrogen) atoms. The van der Waals surface area contributed by atoms with Crippen molar-refractivity contribution in [2.75, 3.05) is 12.0 Å². The third-order valence-electron chi connectivity index (χ3n) is 5.31. The maximum atomic E-state index is 13.2. The van der Waals surface area contributed by atoms with E-state index in [0.29, 0.717) is 17.9 Å². The molecular formula is C21H21FN4O2S. The van der Waals surface area contributed by atoms with Gasteiger partial charge in [-0.15, -0.1) is 0 Å². The van der Waals surface area contributed by atoms with Gasteiger partial charge in [-0.1, -0.05) is 24.3 Å². The Morgan fingerprint density at radius 3 is 2.59 bits per heavy atom. The Hall–Kier alpha value is -2.84. The quantitative estimate of drug-likeness (QED) is 0.667. The summed E-state index contributed by atoms with van der Waals surface area (Å²) in [6, 6.07) is 10.9. The predicted octanol–water partition coefficient (Wildman–Crippen LogP) is 3.23. The molecule has 2 N–H and O–H groups in total. The van der Waals surface area contributed by atoms with Gasteiger partial charge in [0.15, 0.2) is 11.6 Å². The molecule has 0 fully saturated rings. The van der Waals surface area contributed by atoms with Crippen LogP contribution in [0, 0.1) is 12.7 Å². The molecule has 0 radical (unpaired) electrons. The molecule has 0 aliphatic carbocycles. The number of sulfonamides is 1. The zero-order valence-corrected chi connectivity index (χ0v) is 16.9. The van der Waals surface area contributed by atoms with E-state index >= 15 is 0 Å². The number of fused-ring (bicyclic) bond motifs is 1. The van der Waals surface area contributed by atoms with Crippen LogP contribution < -0.4 is 5.73 Å². The topological polar surface area (TPSA) is 89.2 Å². The summed E-state index contributed by atoms with van der Waals surface area (Å²) in [6.07, 6.45) is 3.93. The first kappa shape index (κ1) is 19.5. The second-order valence-electron chi connectivity index (χ2n) is 7.31. The summed E-state index contributed by atoms with van der Waals surface area (Å²) in [5.41, 5.74) is 11.2. The van der Waals surface area contributed by atoms with E-state index in [1.54, 1.807) is 0 Å². The van der Waals surface area contributed by atoms with Gasteiger partial charge in [0.1, 0.15) is 0 Å². The highest BCUT2D eigenvalue weighted by Gasteiger charge is 2.34. The standard InChI is InChI=1S/C21H21FN4O2S/c1-13-6-7-14(8-17(13)21-24-10-16(22)11-25-21)20-9-18-15(4-3-5-19(18)23)12-26(20)29(2,27)28/h3-8,10-11,20H,9,12,23H2,1-2H3. The van der Waals surface area contributed by atoms with E-state index in [0.717, 1.165) is 40.2 Å². The van der Waals surface area contributed by atoms with Gasteiger partial charge in [0, 0.05) is 17.8 Å². The summed E-state index contributed by atoms with van der Waals surface area (Å²) in [5, 5.41) is 0. The van der Waals surface area contributed by atoms with E-state index in [1.165, 1.54) is 10.6 Å². The summed E-state index contributed by atoms with van der Waals surface area (Å²) >= 11 is 0. The SMILES string of the molecule is Cc1ccc(C2Cc3c(N)cccc3CN2S(C)(=O)=O)cc1-c1ncc(F)cn1. The Bertz CT molecular complexity index is 1180. The van der Waals surface area contributed by atoms with Crippen molar-refractivity contribution in [2.24, 2.45) is 0 Å². The van der Waals surface area contributed by atoms with Crippen LogP contribution in [-0.4, -0.2) is 28.9 Å². The number of benzene rings is 2. The maximum Gasteiger partial charge on any atom is 0.212 e. The fourth-order valence-corrected chi connectivity index (χ4v) is 4.83. The Balaban J connectivity index is 1.82. The first-order chi connectivity index (χ1) is 13.7. The Kier molecular flexibility index (Phi) is 4.84. The van der Waals surface area contributed by atoms with Gasteiger partial charge in [-0.05, 0) is 47.7 Å². The predicted molar refractivity (Wildman–Crippen MR) is 110 cm³/mol. The third kappa shape index (κ3) is 3.73. The van der Waals surface area contributed by atoms with Gasteiger partial charge in [0.25, 0.3) is 0 Å². The number of aromatic nitrogens is 2. The van der Waals surface area contributed by atoms with E-state index < -0.39 is 21.9 Å². The highest BCUT2D eigenvalue weighted by molar-refractivity contribution is 7.88. The van der Waals surface area contributed by atoms with E-state index in [1.807, 2.05) is 43.3 Å². The fraction of sp³-hybridized carbons (Fsp3) is 0.238. The second-order valence-corrected chi connectivity index (χ2v) is 9.25. The number of hydrogen-bond acceptors (Lipinski definition) is 5. The summed E-state index contributed by atoms with van der Waals surface area (Å²) in [7, 11) is -3.46. The van der Waals surface area contributed by atoms with Crippen molar-refractivity contribution < 1.29 is 12.8 Å². The average molecular weight is 412 g/mol. The molecule has 8 heteroatoms. The van der Waals surface area contributed by atoms with Crippen molar-refractivity contribution in [3.05, 3.63) is 76.9 Å². The van der Waals surface area contributed by atoms with Gasteiger partial charge in [-0.25, -0.2) is 22.8 Å². The number of nitrogens with two attached hydrogens (primary N) is 1. The first-order valence-corrected chi connectivity index (χ1v) is 11.0. The number of nitrogen functional groups attached to an aromatic ring is 1. The summed E-state index contributed by atoms with van der Waals surface area (Å²) < 4.78 is 39.8. The van der Waals surface area contributed by atoms with Gasteiger partial charge in [0.05, 0.1) is 24.7 Å². The lowest BCUT2D eigenvalue weighted by molar-refractivity contribution is 0.299. The average Bonchev–Trinajstić information content (AvgIpc) is 2.68. The third-order valence-corrected chi connectivity index (χ3v) is 6.55. The molecule has 6 nitrogen and oxygen atoms in total. The van der Waals surface area contributed by atoms with Gasteiger partial charge >= 0.3 is 0 Å². The second kappa shape index (κ2) is 7.20. The molecule has 0 amide bonds. The Morgan fingerprint density at radius 1 is 1.17 bits per heavy atom. The Labute approximate surface area is 169 Å². The van der Waals surface area contributed by atoms with E-state index in [9.17, 15) is 12.8 Å². The van der Waals surface area contributed by atoms with Gasteiger partial charge in [0.2, 0.25) is 10.0 Å². The monoisotopic (exact) mass is 412 g/mol. The minimum Gasteiger partial charge on any atom is -0.398 e. The van der Waals surface area contributed by atoms with E-state index in [-0.39, 0.29) is 6.54 Å². The van der Waals surface area contributed by atoms with E-state index in [4.69, 9.17) is 5.73 Å². The van der Waals surface area contributed by atoms with E-state index in [2.05, 4.69) is 9.97 Å². The van der Waals surface area contributed by atoms with Crippen molar-refractivity contribution >= 4 is 15.7 Å². The molecule has 1 unspecified atom stereocenters. The van der Waals surface area contributed by atoms with Crippen molar-refractivity contribution in [3.8, 4) is 11.4 Å². The van der Waals surface area contributed by atoms with Crippen LogP contribution in [0.25, 0.3) is 11.4 Å². The maximum absolute atomic E-state index is 13.2. The highest BCUT2D eigenvalue weighted by Crippen LogP contribution is 2.38. The molecule has 0 bridgehead atoms. The summed E-state index contributed by atoms with van der Waals surface area (Å²) in [5.74, 6) is -0.113. The van der Waals surface area contributed by atoms with Crippen molar-refractivity contribution in [2.45, 2.75) is 25.9 Å². The van der Waals surface area contributed by atoms with Gasteiger partial charge in [-0.2, -0.15) is 4.31 Å². The van der Waals surface area contributed by atoms with Crippen LogP contribution in [0.15, 0.2) is 48.8 Å². The lowest BCUT2D eigenvalue weighted by Gasteiger charge is -2.36. The van der Waals surface area contributed by atoms with Crippen LogP contribution in [0.4, 0.5) is 10.1 Å². The smallest absolute Gasteiger partial charge is 0.212 e. The molecule has 2 aromatic carbocycles. The zero-order chi connectivity index (χ0) is 20.8. The summed E-state index contributed by atoms with van der Waals surface area (Å²) in [6.45, 7) is 2.18. The number of anilines is 1. The van der Waals surface area contributed by atoms with Crippen molar-refractivity contribution in [1.82, 2.24) is 14.3 Å². The van der Waals surface area contributed by atoms with Crippen molar-refractivity contribution in [3.63, 3.8) is 0 Å². The fourth-order valence-electron chi connectivity index (χ4n) is 3.80. The molecule has 0 saturated carbocycles. The molecule has 1 aliphatic heterocycles. The van der Waals surface area contributed by atoms with Gasteiger partial charge < -0.3 is 5.73 Å². The number of nitrogens with zero attached hydrogens (tertiary/aromatic N) is 3. The molecule has 3 aromatic rings. The first-order valence-electron chi connectivity index (χ1n) is 9.15. The molecule has 150 valence electrons. The van der Waals surface area contributed by atoms with Crippen LogP contribution in [0.1, 0.15) is 28.3 Å². The molecule has 0 spiro atoms. The minimum atomic E-state index is -3.46. The largest absolute Gasteiger partial charge is 0.398 e. The lowest BCUT2D eigenvalue weighted by Crippen LogP contribution is -2.38. The van der Waals surface area contributed by atoms with Crippen LogP contribution in [-0.2, 0) is 23.0 Å².